The maximum Gasteiger partial charge on any atom is 0.158 e. The molecule has 1 aliphatic rings. The van der Waals surface area contributed by atoms with Crippen LogP contribution in [0.1, 0.15) is 0 Å². The molecular formula is C12H17N5O. The third-order valence-electron chi connectivity index (χ3n) is 3.20. The van der Waals surface area contributed by atoms with Gasteiger partial charge in [-0.05, 0) is 7.05 Å². The van der Waals surface area contributed by atoms with E-state index >= 15 is 0 Å². The van der Waals surface area contributed by atoms with E-state index in [0.717, 1.165) is 37.8 Å². The van der Waals surface area contributed by atoms with E-state index < -0.39 is 0 Å². The Kier molecular flexibility index (Phi) is 3.12. The Balaban J connectivity index is 1.75. The summed E-state index contributed by atoms with van der Waals surface area (Å²) in [4.78, 5) is 13.8. The van der Waals surface area contributed by atoms with Crippen molar-refractivity contribution in [3.8, 4) is 11.5 Å². The minimum Gasteiger partial charge on any atom is -0.374 e. The van der Waals surface area contributed by atoms with Gasteiger partial charge in [0, 0.05) is 25.5 Å². The number of imidazole rings is 2. The second-order valence-corrected chi connectivity index (χ2v) is 4.62. The number of nitrogens with zero attached hydrogens (tertiary/aromatic N) is 4. The van der Waals surface area contributed by atoms with E-state index in [2.05, 4.69) is 31.5 Å². The molecule has 0 saturated carbocycles. The van der Waals surface area contributed by atoms with Gasteiger partial charge >= 0.3 is 0 Å². The molecule has 0 bridgehead atoms. The number of aromatic amines is 1. The smallest absolute Gasteiger partial charge is 0.158 e. The summed E-state index contributed by atoms with van der Waals surface area (Å²) < 4.78 is 7.89. The van der Waals surface area contributed by atoms with E-state index in [1.54, 1.807) is 12.5 Å². The molecule has 0 spiro atoms. The zero-order valence-corrected chi connectivity index (χ0v) is 10.4. The zero-order valence-electron chi connectivity index (χ0n) is 10.4. The Morgan fingerprint density at radius 3 is 3.28 bits per heavy atom. The highest BCUT2D eigenvalue weighted by molar-refractivity contribution is 5.47. The van der Waals surface area contributed by atoms with E-state index in [1.165, 1.54) is 0 Å². The Bertz CT molecular complexity index is 492. The maximum absolute atomic E-state index is 5.78. The Hall–Kier alpha value is -1.66. The summed E-state index contributed by atoms with van der Waals surface area (Å²) in [6.45, 7) is 3.59. The number of aromatic nitrogens is 4. The van der Waals surface area contributed by atoms with Crippen molar-refractivity contribution < 1.29 is 4.74 Å². The van der Waals surface area contributed by atoms with E-state index in [4.69, 9.17) is 4.74 Å². The van der Waals surface area contributed by atoms with Gasteiger partial charge in [0.05, 0.1) is 31.8 Å². The number of nitrogens with one attached hydrogen (secondary N) is 1. The molecule has 1 N–H and O–H groups in total. The lowest BCUT2D eigenvalue weighted by atomic mass is 10.2. The van der Waals surface area contributed by atoms with Gasteiger partial charge < -0.3 is 19.2 Å². The van der Waals surface area contributed by atoms with Gasteiger partial charge in [-0.3, -0.25) is 0 Å². The van der Waals surface area contributed by atoms with Gasteiger partial charge in [0.25, 0.3) is 0 Å². The number of likely N-dealkylation sites (N-methyl/N-ethyl adjacent to an activating group) is 1. The Labute approximate surface area is 106 Å². The van der Waals surface area contributed by atoms with E-state index in [0.29, 0.717) is 0 Å². The van der Waals surface area contributed by atoms with E-state index in [-0.39, 0.29) is 6.10 Å². The first-order chi connectivity index (χ1) is 8.83. The third-order valence-corrected chi connectivity index (χ3v) is 3.20. The van der Waals surface area contributed by atoms with Gasteiger partial charge in [-0.25, -0.2) is 9.97 Å². The first-order valence-corrected chi connectivity index (χ1v) is 6.13. The summed E-state index contributed by atoms with van der Waals surface area (Å²) in [7, 11) is 2.12. The molecule has 2 aromatic rings. The molecule has 0 radical (unpaired) electrons. The van der Waals surface area contributed by atoms with Crippen LogP contribution in [0.2, 0.25) is 0 Å². The van der Waals surface area contributed by atoms with Gasteiger partial charge in [-0.15, -0.1) is 0 Å². The summed E-state index contributed by atoms with van der Waals surface area (Å²) in [5.74, 6) is 0.907. The van der Waals surface area contributed by atoms with Crippen molar-refractivity contribution in [2.75, 3.05) is 26.7 Å². The lowest BCUT2D eigenvalue weighted by molar-refractivity contribution is -0.0272. The molecule has 6 heteroatoms. The fourth-order valence-corrected chi connectivity index (χ4v) is 2.28. The second-order valence-electron chi connectivity index (χ2n) is 4.62. The average molecular weight is 247 g/mol. The number of morpholine rings is 1. The maximum atomic E-state index is 5.78. The minimum atomic E-state index is 0.222. The van der Waals surface area contributed by atoms with Crippen molar-refractivity contribution in [2.45, 2.75) is 12.6 Å². The highest BCUT2D eigenvalue weighted by Crippen LogP contribution is 2.15. The topological polar surface area (TPSA) is 59.0 Å². The third kappa shape index (κ3) is 2.30. The van der Waals surface area contributed by atoms with E-state index in [1.807, 2.05) is 12.4 Å². The van der Waals surface area contributed by atoms with Crippen LogP contribution in [0.25, 0.3) is 11.5 Å². The Morgan fingerprint density at radius 1 is 1.56 bits per heavy atom. The SMILES string of the molecule is CN1CCOC(Cn2ccnc2-c2cnc[nH]2)C1. The predicted molar refractivity (Wildman–Crippen MR) is 67.0 cm³/mol. The van der Waals surface area contributed by atoms with Gasteiger partial charge in [-0.2, -0.15) is 0 Å². The van der Waals surface area contributed by atoms with Crippen LogP contribution in [-0.2, 0) is 11.3 Å². The molecule has 1 atom stereocenters. The van der Waals surface area contributed by atoms with Gasteiger partial charge in [0.2, 0.25) is 0 Å². The number of hydrogen-bond donors (Lipinski definition) is 1. The largest absolute Gasteiger partial charge is 0.374 e. The normalized spacial score (nSPS) is 21.3. The molecule has 3 heterocycles. The van der Waals surface area contributed by atoms with Gasteiger partial charge in [-0.1, -0.05) is 0 Å². The van der Waals surface area contributed by atoms with Crippen molar-refractivity contribution >= 4 is 0 Å². The lowest BCUT2D eigenvalue weighted by Crippen LogP contribution is -2.41. The van der Waals surface area contributed by atoms with Crippen molar-refractivity contribution in [3.63, 3.8) is 0 Å². The van der Waals surface area contributed by atoms with Crippen LogP contribution < -0.4 is 0 Å². The summed E-state index contributed by atoms with van der Waals surface area (Å²) >= 11 is 0. The van der Waals surface area contributed by atoms with Crippen LogP contribution >= 0.6 is 0 Å². The highest BCUT2D eigenvalue weighted by atomic mass is 16.5. The predicted octanol–water partition coefficient (Wildman–Crippen LogP) is 0.604. The fourth-order valence-electron chi connectivity index (χ4n) is 2.28. The zero-order chi connectivity index (χ0) is 12.4. The minimum absolute atomic E-state index is 0.222. The molecule has 1 aliphatic heterocycles. The van der Waals surface area contributed by atoms with Crippen molar-refractivity contribution in [1.29, 1.82) is 0 Å². The summed E-state index contributed by atoms with van der Waals surface area (Å²) in [6.07, 6.45) is 7.46. The molecular weight excluding hydrogens is 230 g/mol. The summed E-state index contributed by atoms with van der Waals surface area (Å²) in [5.41, 5.74) is 0.934. The molecule has 0 aromatic carbocycles. The molecule has 1 unspecified atom stereocenters. The number of ether oxygens (including phenoxy) is 1. The first kappa shape index (κ1) is 11.4. The summed E-state index contributed by atoms with van der Waals surface area (Å²) in [6, 6.07) is 0. The number of H-pyrrole nitrogens is 1. The molecule has 1 saturated heterocycles. The first-order valence-electron chi connectivity index (χ1n) is 6.13. The molecule has 0 aliphatic carbocycles. The van der Waals surface area contributed by atoms with Crippen LogP contribution in [0.5, 0.6) is 0 Å². The Morgan fingerprint density at radius 2 is 2.50 bits per heavy atom. The van der Waals surface area contributed by atoms with Crippen LogP contribution in [0, 0.1) is 0 Å². The molecule has 6 nitrogen and oxygen atoms in total. The monoisotopic (exact) mass is 247 g/mol. The lowest BCUT2D eigenvalue weighted by Gasteiger charge is -2.30. The number of hydrogen-bond acceptors (Lipinski definition) is 4. The van der Waals surface area contributed by atoms with Gasteiger partial charge in [0.1, 0.15) is 5.69 Å². The second kappa shape index (κ2) is 4.91. The quantitative estimate of drug-likeness (QED) is 0.863. The fraction of sp³-hybridized carbons (Fsp3) is 0.500. The molecule has 18 heavy (non-hydrogen) atoms. The van der Waals surface area contributed by atoms with Crippen molar-refractivity contribution in [2.24, 2.45) is 0 Å². The standard InChI is InChI=1S/C12H17N5O/c1-16-4-5-18-10(7-16)8-17-3-2-14-12(17)11-6-13-9-15-11/h2-3,6,9-10H,4-5,7-8H2,1H3,(H,13,15). The van der Waals surface area contributed by atoms with Crippen molar-refractivity contribution in [1.82, 2.24) is 24.4 Å². The molecule has 2 aromatic heterocycles. The van der Waals surface area contributed by atoms with Crippen LogP contribution in [-0.4, -0.2) is 57.3 Å². The summed E-state index contributed by atoms with van der Waals surface area (Å²) in [5, 5.41) is 0. The van der Waals surface area contributed by atoms with Crippen molar-refractivity contribution in [3.05, 3.63) is 24.9 Å². The van der Waals surface area contributed by atoms with Gasteiger partial charge in [0.15, 0.2) is 5.82 Å². The van der Waals surface area contributed by atoms with Crippen LogP contribution in [0.15, 0.2) is 24.9 Å². The average Bonchev–Trinajstić information content (AvgIpc) is 2.98. The number of rotatable bonds is 3. The molecule has 96 valence electrons. The van der Waals surface area contributed by atoms with Crippen LogP contribution in [0.4, 0.5) is 0 Å². The molecule has 0 amide bonds. The molecule has 3 rings (SSSR count). The van der Waals surface area contributed by atoms with E-state index in [9.17, 15) is 0 Å². The van der Waals surface area contributed by atoms with Crippen LogP contribution in [0.3, 0.4) is 0 Å². The molecule has 1 fully saturated rings. The highest BCUT2D eigenvalue weighted by Gasteiger charge is 2.19.